The van der Waals surface area contributed by atoms with E-state index >= 15 is 0 Å². The van der Waals surface area contributed by atoms with Gasteiger partial charge in [0, 0.05) is 16.7 Å². The summed E-state index contributed by atoms with van der Waals surface area (Å²) in [4.78, 5) is 1.12. The van der Waals surface area contributed by atoms with Crippen LogP contribution in [-0.4, -0.2) is 18.0 Å². The number of rotatable bonds is 4. The number of phenolic OH excluding ortho intramolecular Hbond substituents is 1. The standard InChI is InChI=1S/C22H34O2S.C2H6/c1-15-7-8-20-21(2,3)9-6-10-22(20,4)19(15)14-25-18-12-16(23)11-17(13-18)24-5;1-2/h11-13,15,19-20,23H,6-10,14H2,1-5H3;1-2H3. The molecule has 4 unspecified atom stereocenters. The van der Waals surface area contributed by atoms with Crippen molar-refractivity contribution in [1.82, 2.24) is 0 Å². The molecule has 1 N–H and O–H groups in total. The van der Waals surface area contributed by atoms with Gasteiger partial charge in [0.1, 0.15) is 11.5 Å². The lowest BCUT2D eigenvalue weighted by Gasteiger charge is -2.59. The van der Waals surface area contributed by atoms with Crippen molar-refractivity contribution in [3.8, 4) is 11.5 Å². The average Bonchev–Trinajstić information content (AvgIpc) is 2.61. The maximum Gasteiger partial charge on any atom is 0.123 e. The summed E-state index contributed by atoms with van der Waals surface area (Å²) >= 11 is 1.89. The highest BCUT2D eigenvalue weighted by atomic mass is 32.2. The third-order valence-corrected chi connectivity index (χ3v) is 8.35. The number of hydrogen-bond donors (Lipinski definition) is 1. The Morgan fingerprint density at radius 3 is 2.48 bits per heavy atom. The Hall–Kier alpha value is -0.830. The fourth-order valence-corrected chi connectivity index (χ4v) is 7.39. The van der Waals surface area contributed by atoms with Crippen molar-refractivity contribution in [1.29, 1.82) is 0 Å². The van der Waals surface area contributed by atoms with Crippen molar-refractivity contribution in [2.24, 2.45) is 28.6 Å². The largest absolute Gasteiger partial charge is 0.508 e. The van der Waals surface area contributed by atoms with Crippen LogP contribution in [0.5, 0.6) is 11.5 Å². The van der Waals surface area contributed by atoms with E-state index < -0.39 is 0 Å². The molecule has 0 aliphatic heterocycles. The van der Waals surface area contributed by atoms with Gasteiger partial charge in [-0.15, -0.1) is 11.8 Å². The fraction of sp³-hybridized carbons (Fsp3) is 0.750. The van der Waals surface area contributed by atoms with Gasteiger partial charge >= 0.3 is 0 Å². The Balaban J connectivity index is 0.00000126. The molecule has 2 nitrogen and oxygen atoms in total. The van der Waals surface area contributed by atoms with Crippen LogP contribution in [0.25, 0.3) is 0 Å². The molecule has 2 aliphatic carbocycles. The summed E-state index contributed by atoms with van der Waals surface area (Å²) in [5, 5.41) is 9.93. The summed E-state index contributed by atoms with van der Waals surface area (Å²) in [5.74, 6) is 4.53. The number of aromatic hydroxyl groups is 1. The summed E-state index contributed by atoms with van der Waals surface area (Å²) in [6, 6.07) is 5.59. The van der Waals surface area contributed by atoms with Gasteiger partial charge in [-0.25, -0.2) is 0 Å². The van der Waals surface area contributed by atoms with Crippen molar-refractivity contribution in [2.75, 3.05) is 12.9 Å². The van der Waals surface area contributed by atoms with E-state index in [-0.39, 0.29) is 0 Å². The van der Waals surface area contributed by atoms with E-state index in [2.05, 4.69) is 27.7 Å². The molecule has 154 valence electrons. The number of thioether (sulfide) groups is 1. The van der Waals surface area contributed by atoms with Crippen LogP contribution in [0.15, 0.2) is 23.1 Å². The molecule has 3 rings (SSSR count). The predicted molar refractivity (Wildman–Crippen MR) is 118 cm³/mol. The molecule has 0 heterocycles. The van der Waals surface area contributed by atoms with Gasteiger partial charge in [-0.2, -0.15) is 0 Å². The Kier molecular flexibility index (Phi) is 7.58. The highest BCUT2D eigenvalue weighted by Gasteiger charge is 2.53. The lowest BCUT2D eigenvalue weighted by atomic mass is 9.47. The first-order valence-electron chi connectivity index (χ1n) is 10.8. The molecule has 2 fully saturated rings. The summed E-state index contributed by atoms with van der Waals surface area (Å²) in [6.07, 6.45) is 6.88. The molecule has 2 aliphatic rings. The highest BCUT2D eigenvalue weighted by molar-refractivity contribution is 7.99. The van der Waals surface area contributed by atoms with E-state index in [1.807, 2.05) is 37.7 Å². The van der Waals surface area contributed by atoms with E-state index in [9.17, 15) is 5.11 Å². The summed E-state index contributed by atoms with van der Waals surface area (Å²) in [6.45, 7) is 14.0. The van der Waals surface area contributed by atoms with E-state index in [1.54, 1.807) is 13.2 Å². The molecular weight excluding hydrogens is 352 g/mol. The molecule has 0 aromatic heterocycles. The molecule has 2 saturated carbocycles. The summed E-state index contributed by atoms with van der Waals surface area (Å²) in [7, 11) is 1.65. The van der Waals surface area contributed by atoms with E-state index in [0.29, 0.717) is 16.6 Å². The highest BCUT2D eigenvalue weighted by Crippen LogP contribution is 2.61. The van der Waals surface area contributed by atoms with Gasteiger partial charge in [-0.3, -0.25) is 0 Å². The van der Waals surface area contributed by atoms with Crippen LogP contribution in [0.4, 0.5) is 0 Å². The van der Waals surface area contributed by atoms with E-state index in [4.69, 9.17) is 4.74 Å². The molecule has 1 aromatic carbocycles. The summed E-state index contributed by atoms with van der Waals surface area (Å²) in [5.41, 5.74) is 0.928. The molecular formula is C24H40O2S. The Morgan fingerprint density at radius 1 is 1.11 bits per heavy atom. The monoisotopic (exact) mass is 392 g/mol. The fourth-order valence-electron chi connectivity index (χ4n) is 5.91. The van der Waals surface area contributed by atoms with Crippen molar-refractivity contribution in [3.63, 3.8) is 0 Å². The van der Waals surface area contributed by atoms with Crippen molar-refractivity contribution < 1.29 is 9.84 Å². The first kappa shape index (κ1) is 22.5. The van der Waals surface area contributed by atoms with Crippen LogP contribution >= 0.6 is 11.8 Å². The van der Waals surface area contributed by atoms with Crippen LogP contribution in [0.1, 0.15) is 73.6 Å². The van der Waals surface area contributed by atoms with Crippen molar-refractivity contribution in [3.05, 3.63) is 18.2 Å². The first-order chi connectivity index (χ1) is 12.8. The predicted octanol–water partition coefficient (Wildman–Crippen LogP) is 7.40. The van der Waals surface area contributed by atoms with Gasteiger partial charge in [0.25, 0.3) is 0 Å². The van der Waals surface area contributed by atoms with Crippen LogP contribution in [0.2, 0.25) is 0 Å². The van der Waals surface area contributed by atoms with Crippen LogP contribution in [0, 0.1) is 28.6 Å². The van der Waals surface area contributed by atoms with Gasteiger partial charge in [0.15, 0.2) is 0 Å². The van der Waals surface area contributed by atoms with Gasteiger partial charge in [0.2, 0.25) is 0 Å². The molecule has 1 aromatic rings. The second-order valence-electron chi connectivity index (χ2n) is 9.24. The van der Waals surface area contributed by atoms with Crippen LogP contribution < -0.4 is 4.74 Å². The number of phenols is 1. The van der Waals surface area contributed by atoms with E-state index in [1.165, 1.54) is 32.1 Å². The van der Waals surface area contributed by atoms with Crippen molar-refractivity contribution in [2.45, 2.75) is 78.5 Å². The summed E-state index contributed by atoms with van der Waals surface area (Å²) < 4.78 is 5.31. The number of methoxy groups -OCH3 is 1. The minimum absolute atomic E-state index is 0.293. The second kappa shape index (κ2) is 9.11. The Labute approximate surface area is 171 Å². The Morgan fingerprint density at radius 2 is 1.81 bits per heavy atom. The molecule has 4 atom stereocenters. The smallest absolute Gasteiger partial charge is 0.123 e. The van der Waals surface area contributed by atoms with Crippen molar-refractivity contribution >= 4 is 11.8 Å². The third kappa shape index (κ3) is 4.78. The van der Waals surface area contributed by atoms with Crippen LogP contribution in [0.3, 0.4) is 0 Å². The minimum Gasteiger partial charge on any atom is -0.508 e. The molecule has 0 spiro atoms. The molecule has 0 radical (unpaired) electrons. The SMILES string of the molecule is CC.COc1cc(O)cc(SCC2C(C)CCC3C(C)(C)CCCC23C)c1. The second-order valence-corrected chi connectivity index (χ2v) is 10.3. The zero-order valence-electron chi connectivity index (χ0n) is 18.5. The number of ether oxygens (including phenoxy) is 1. The van der Waals surface area contributed by atoms with E-state index in [0.717, 1.165) is 34.2 Å². The number of fused-ring (bicyclic) bond motifs is 1. The minimum atomic E-state index is 0.293. The normalized spacial score (nSPS) is 32.0. The van der Waals surface area contributed by atoms with Gasteiger partial charge in [0.05, 0.1) is 7.11 Å². The number of hydrogen-bond acceptors (Lipinski definition) is 3. The molecule has 0 bridgehead atoms. The molecule has 0 amide bonds. The molecule has 3 heteroatoms. The number of benzene rings is 1. The van der Waals surface area contributed by atoms with Gasteiger partial charge in [-0.1, -0.05) is 54.4 Å². The van der Waals surface area contributed by atoms with Gasteiger partial charge < -0.3 is 9.84 Å². The zero-order chi connectivity index (χ0) is 20.2. The maximum atomic E-state index is 9.93. The third-order valence-electron chi connectivity index (χ3n) is 7.25. The Bertz CT molecular complexity index is 612. The maximum absolute atomic E-state index is 9.93. The lowest BCUT2D eigenvalue weighted by molar-refractivity contribution is -0.0850. The lowest BCUT2D eigenvalue weighted by Crippen LogP contribution is -2.51. The first-order valence-corrected chi connectivity index (χ1v) is 11.8. The molecule has 0 saturated heterocycles. The quantitative estimate of drug-likeness (QED) is 0.541. The molecule has 27 heavy (non-hydrogen) atoms. The van der Waals surface area contributed by atoms with Crippen LogP contribution in [-0.2, 0) is 0 Å². The zero-order valence-corrected chi connectivity index (χ0v) is 19.3. The topological polar surface area (TPSA) is 29.5 Å². The average molecular weight is 393 g/mol. The van der Waals surface area contributed by atoms with Gasteiger partial charge in [-0.05, 0) is 60.0 Å².